The number of nitrogens with zero attached hydrogens (tertiary/aromatic N) is 1. The molecule has 1 amide bonds. The highest BCUT2D eigenvalue weighted by molar-refractivity contribution is 7.91. The van der Waals surface area contributed by atoms with Gasteiger partial charge in [0.15, 0.2) is 0 Å². The molecule has 2 N–H and O–H groups in total. The van der Waals surface area contributed by atoms with E-state index in [1.54, 1.807) is 30.3 Å². The van der Waals surface area contributed by atoms with Crippen LogP contribution in [0.5, 0.6) is 0 Å². The number of sulfone groups is 1. The van der Waals surface area contributed by atoms with E-state index in [0.717, 1.165) is 30.4 Å². The van der Waals surface area contributed by atoms with Crippen LogP contribution in [0.25, 0.3) is 0 Å². The van der Waals surface area contributed by atoms with Crippen LogP contribution in [-0.2, 0) is 16.3 Å². The van der Waals surface area contributed by atoms with Gasteiger partial charge in [-0.25, -0.2) is 13.2 Å². The molecule has 0 saturated carbocycles. The number of carboxylic acid groups (broad SMARTS) is 1. The fraction of sp³-hybridized carbons (Fsp3) is 0.263. The number of benzene rings is 2. The van der Waals surface area contributed by atoms with E-state index in [-0.39, 0.29) is 15.7 Å². The second kappa shape index (κ2) is 7.18. The predicted molar refractivity (Wildman–Crippen MR) is 94.8 cm³/mol. The average molecular weight is 370 g/mol. The average Bonchev–Trinajstić information content (AvgIpc) is 2.65. The fourth-order valence-corrected chi connectivity index (χ4v) is 4.71. The van der Waals surface area contributed by atoms with Crippen LogP contribution in [0.2, 0.25) is 0 Å². The van der Waals surface area contributed by atoms with Crippen LogP contribution >= 0.6 is 0 Å². The third-order valence-electron chi connectivity index (χ3n) is 4.64. The lowest BCUT2D eigenvalue weighted by Crippen LogP contribution is -2.28. The van der Waals surface area contributed by atoms with Crippen LogP contribution in [0.3, 0.4) is 0 Å². The Morgan fingerprint density at radius 2 is 2.00 bits per heavy atom. The molecule has 2 aromatic carbocycles. The smallest absolute Gasteiger partial charge is 0.404 e. The highest BCUT2D eigenvalue weighted by Crippen LogP contribution is 2.34. The Kier molecular flexibility index (Phi) is 4.96. The number of rotatable bonds is 4. The first-order chi connectivity index (χ1) is 12.4. The number of hydrogen-bond donors (Lipinski definition) is 2. The van der Waals surface area contributed by atoms with Crippen molar-refractivity contribution in [3.63, 3.8) is 0 Å². The van der Waals surface area contributed by atoms with Crippen molar-refractivity contribution < 1.29 is 18.3 Å². The number of nitriles is 1. The predicted octanol–water partition coefficient (Wildman–Crippen LogP) is 3.08. The van der Waals surface area contributed by atoms with E-state index in [1.807, 2.05) is 6.07 Å². The molecule has 2 aromatic rings. The monoisotopic (exact) mass is 370 g/mol. The second-order valence-corrected chi connectivity index (χ2v) is 8.23. The summed E-state index contributed by atoms with van der Waals surface area (Å²) in [6.45, 7) is 0.318. The lowest BCUT2D eigenvalue weighted by atomic mass is 9.83. The van der Waals surface area contributed by atoms with Gasteiger partial charge >= 0.3 is 6.09 Å². The molecule has 7 heteroatoms. The van der Waals surface area contributed by atoms with Gasteiger partial charge < -0.3 is 10.4 Å². The van der Waals surface area contributed by atoms with Crippen molar-refractivity contribution in [1.82, 2.24) is 5.32 Å². The van der Waals surface area contributed by atoms with Gasteiger partial charge in [-0.2, -0.15) is 5.26 Å². The molecule has 3 rings (SSSR count). The molecular formula is C19H18N2O4S. The van der Waals surface area contributed by atoms with Gasteiger partial charge in [-0.05, 0) is 60.7 Å². The molecule has 0 heterocycles. The summed E-state index contributed by atoms with van der Waals surface area (Å²) in [6.07, 6.45) is 1.45. The van der Waals surface area contributed by atoms with Gasteiger partial charge in [-0.3, -0.25) is 0 Å². The first kappa shape index (κ1) is 18.0. The van der Waals surface area contributed by atoms with E-state index in [2.05, 4.69) is 5.32 Å². The van der Waals surface area contributed by atoms with E-state index in [9.17, 15) is 13.2 Å². The van der Waals surface area contributed by atoms with E-state index in [0.29, 0.717) is 12.1 Å². The first-order valence-electron chi connectivity index (χ1n) is 8.26. The molecule has 0 aromatic heterocycles. The van der Waals surface area contributed by atoms with Crippen molar-refractivity contribution in [2.75, 3.05) is 6.54 Å². The maximum absolute atomic E-state index is 12.9. The number of hydrogen-bond acceptors (Lipinski definition) is 4. The second-order valence-electron chi connectivity index (χ2n) is 6.28. The minimum absolute atomic E-state index is 0.0496. The Labute approximate surface area is 152 Å². The summed E-state index contributed by atoms with van der Waals surface area (Å²) >= 11 is 0. The maximum atomic E-state index is 12.9. The molecule has 0 radical (unpaired) electrons. The molecule has 134 valence electrons. The van der Waals surface area contributed by atoms with Gasteiger partial charge in [0.2, 0.25) is 9.84 Å². The molecule has 0 fully saturated rings. The van der Waals surface area contributed by atoms with Crippen LogP contribution in [0, 0.1) is 11.3 Å². The van der Waals surface area contributed by atoms with Gasteiger partial charge in [-0.15, -0.1) is 0 Å². The molecular weight excluding hydrogens is 352 g/mol. The summed E-state index contributed by atoms with van der Waals surface area (Å²) in [5.74, 6) is 0.0496. The van der Waals surface area contributed by atoms with Crippen molar-refractivity contribution >= 4 is 15.9 Å². The summed E-state index contributed by atoms with van der Waals surface area (Å²) in [5.41, 5.74) is 2.23. The largest absolute Gasteiger partial charge is 0.465 e. The molecule has 0 unspecified atom stereocenters. The van der Waals surface area contributed by atoms with Gasteiger partial charge in [0.05, 0.1) is 21.4 Å². The maximum Gasteiger partial charge on any atom is 0.404 e. The SMILES string of the molecule is N#Cc1cccc(S(=O)(=O)c2ccc3c(c2)CCC[C@H]3CNC(=O)O)c1. The van der Waals surface area contributed by atoms with Gasteiger partial charge in [0, 0.05) is 12.5 Å². The van der Waals surface area contributed by atoms with Crippen LogP contribution in [0.15, 0.2) is 52.3 Å². The summed E-state index contributed by atoms with van der Waals surface area (Å²) in [4.78, 5) is 11.0. The van der Waals surface area contributed by atoms with Gasteiger partial charge in [-0.1, -0.05) is 12.1 Å². The number of fused-ring (bicyclic) bond motifs is 1. The van der Waals surface area contributed by atoms with Gasteiger partial charge in [0.25, 0.3) is 0 Å². The summed E-state index contributed by atoms with van der Waals surface area (Å²) in [6, 6.07) is 12.9. The van der Waals surface area contributed by atoms with Crippen LogP contribution in [0.1, 0.15) is 35.4 Å². The third kappa shape index (κ3) is 3.55. The van der Waals surface area contributed by atoms with Crippen LogP contribution in [-0.4, -0.2) is 26.2 Å². The lowest BCUT2D eigenvalue weighted by molar-refractivity contribution is 0.193. The molecule has 1 aliphatic carbocycles. The Morgan fingerprint density at radius 1 is 1.23 bits per heavy atom. The van der Waals surface area contributed by atoms with Crippen LogP contribution in [0.4, 0.5) is 4.79 Å². The third-order valence-corrected chi connectivity index (χ3v) is 6.39. The molecule has 1 aliphatic rings. The topological polar surface area (TPSA) is 107 Å². The quantitative estimate of drug-likeness (QED) is 0.860. The van der Waals surface area contributed by atoms with Crippen molar-refractivity contribution in [2.45, 2.75) is 35.0 Å². The zero-order chi connectivity index (χ0) is 18.7. The zero-order valence-electron chi connectivity index (χ0n) is 14.0. The lowest BCUT2D eigenvalue weighted by Gasteiger charge is -2.26. The van der Waals surface area contributed by atoms with Gasteiger partial charge in [0.1, 0.15) is 0 Å². The van der Waals surface area contributed by atoms with Crippen molar-refractivity contribution in [3.8, 4) is 6.07 Å². The highest BCUT2D eigenvalue weighted by Gasteiger charge is 2.24. The summed E-state index contributed by atoms with van der Waals surface area (Å²) < 4.78 is 25.8. The standard InChI is InChI=1S/C19H18N2O4S/c20-11-13-3-1-6-16(9-13)26(24,25)17-7-8-18-14(10-17)4-2-5-15(18)12-21-19(22)23/h1,3,6-10,15,21H,2,4-5,12H2,(H,22,23)/t15-/m0/s1. The number of amides is 1. The highest BCUT2D eigenvalue weighted by atomic mass is 32.2. The molecule has 0 saturated heterocycles. The molecule has 26 heavy (non-hydrogen) atoms. The number of nitrogens with one attached hydrogen (secondary N) is 1. The fourth-order valence-electron chi connectivity index (χ4n) is 3.35. The molecule has 6 nitrogen and oxygen atoms in total. The minimum atomic E-state index is -3.71. The molecule has 0 spiro atoms. The van der Waals surface area contributed by atoms with E-state index in [1.165, 1.54) is 12.1 Å². The zero-order valence-corrected chi connectivity index (χ0v) is 14.8. The number of aryl methyl sites for hydroxylation is 1. The summed E-state index contributed by atoms with van der Waals surface area (Å²) in [7, 11) is -3.71. The van der Waals surface area contributed by atoms with Crippen molar-refractivity contribution in [2.24, 2.45) is 0 Å². The Hall–Kier alpha value is -2.85. The van der Waals surface area contributed by atoms with E-state index < -0.39 is 15.9 Å². The molecule has 1 atom stereocenters. The van der Waals surface area contributed by atoms with Crippen molar-refractivity contribution in [3.05, 3.63) is 59.2 Å². The van der Waals surface area contributed by atoms with Crippen molar-refractivity contribution in [1.29, 1.82) is 5.26 Å². The first-order valence-corrected chi connectivity index (χ1v) is 9.75. The van der Waals surface area contributed by atoms with Crippen LogP contribution < -0.4 is 5.32 Å². The molecule has 0 aliphatic heterocycles. The molecule has 0 bridgehead atoms. The minimum Gasteiger partial charge on any atom is -0.465 e. The Bertz CT molecular complexity index is 993. The van der Waals surface area contributed by atoms with E-state index >= 15 is 0 Å². The number of carbonyl (C=O) groups is 1. The Morgan fingerprint density at radius 3 is 2.73 bits per heavy atom. The summed E-state index contributed by atoms with van der Waals surface area (Å²) in [5, 5.41) is 20.2. The normalized spacial score (nSPS) is 16.3. The Balaban J connectivity index is 1.95. The van der Waals surface area contributed by atoms with E-state index in [4.69, 9.17) is 10.4 Å².